The molecule has 1 saturated heterocycles. The van der Waals surface area contributed by atoms with E-state index in [-0.39, 0.29) is 0 Å². The minimum Gasteiger partial charge on any atom is -0.327 e. The van der Waals surface area contributed by atoms with Gasteiger partial charge in [-0.25, -0.2) is 0 Å². The van der Waals surface area contributed by atoms with Crippen LogP contribution in [0.15, 0.2) is 0 Å². The summed E-state index contributed by atoms with van der Waals surface area (Å²) >= 11 is 0. The monoisotopic (exact) mass is 226 g/mol. The van der Waals surface area contributed by atoms with Crippen LogP contribution in [-0.4, -0.2) is 30.1 Å². The molecule has 2 N–H and O–H groups in total. The Balaban J connectivity index is 2.06. The number of nitrogens with zero attached hydrogens (tertiary/aromatic N) is 1. The highest BCUT2D eigenvalue weighted by atomic mass is 15.2. The van der Waals surface area contributed by atoms with E-state index in [1.165, 1.54) is 57.9 Å². The molecule has 0 aromatic carbocycles. The molecule has 2 unspecified atom stereocenters. The van der Waals surface area contributed by atoms with Crippen molar-refractivity contribution >= 4 is 0 Å². The zero-order chi connectivity index (χ0) is 11.8. The lowest BCUT2D eigenvalue weighted by molar-refractivity contribution is 0.150. The van der Waals surface area contributed by atoms with Crippen molar-refractivity contribution in [3.8, 4) is 0 Å². The maximum atomic E-state index is 6.02. The summed E-state index contributed by atoms with van der Waals surface area (Å²) in [4.78, 5) is 2.59. The first-order chi connectivity index (χ1) is 7.74. The average molecular weight is 226 g/mol. The van der Waals surface area contributed by atoms with Crippen LogP contribution in [0.4, 0.5) is 0 Å². The van der Waals surface area contributed by atoms with E-state index in [0.717, 1.165) is 12.6 Å². The molecular weight excluding hydrogens is 196 g/mol. The summed E-state index contributed by atoms with van der Waals surface area (Å²) in [5.41, 5.74) is 6.02. The lowest BCUT2D eigenvalue weighted by Gasteiger charge is -2.35. The third-order valence-corrected chi connectivity index (χ3v) is 3.84. The van der Waals surface area contributed by atoms with Crippen LogP contribution in [0, 0.1) is 0 Å². The molecule has 1 heterocycles. The fourth-order valence-corrected chi connectivity index (χ4v) is 2.67. The minimum absolute atomic E-state index is 0.427. The van der Waals surface area contributed by atoms with Gasteiger partial charge in [0.05, 0.1) is 0 Å². The zero-order valence-corrected chi connectivity index (χ0v) is 11.3. The molecule has 0 spiro atoms. The lowest BCUT2D eigenvalue weighted by Crippen LogP contribution is -2.46. The Morgan fingerprint density at radius 2 is 2.00 bits per heavy atom. The Hall–Kier alpha value is -0.0800. The fourth-order valence-electron chi connectivity index (χ4n) is 2.67. The number of hydrogen-bond acceptors (Lipinski definition) is 2. The molecule has 16 heavy (non-hydrogen) atoms. The van der Waals surface area contributed by atoms with E-state index in [1.807, 2.05) is 0 Å². The first-order valence-corrected chi connectivity index (χ1v) is 7.23. The average Bonchev–Trinajstić information content (AvgIpc) is 2.28. The van der Waals surface area contributed by atoms with Gasteiger partial charge in [0, 0.05) is 18.6 Å². The third-order valence-electron chi connectivity index (χ3n) is 3.84. The second-order valence-electron chi connectivity index (χ2n) is 5.45. The van der Waals surface area contributed by atoms with Gasteiger partial charge in [-0.05, 0) is 32.7 Å². The summed E-state index contributed by atoms with van der Waals surface area (Å²) in [6.45, 7) is 7.04. The minimum atomic E-state index is 0.427. The molecule has 0 saturated carbocycles. The van der Waals surface area contributed by atoms with Gasteiger partial charge in [-0.15, -0.1) is 0 Å². The second kappa shape index (κ2) is 8.08. The summed E-state index contributed by atoms with van der Waals surface area (Å²) in [7, 11) is 0. The van der Waals surface area contributed by atoms with Crippen LogP contribution in [0.25, 0.3) is 0 Å². The highest BCUT2D eigenvalue weighted by Crippen LogP contribution is 2.16. The van der Waals surface area contributed by atoms with E-state index in [4.69, 9.17) is 5.73 Å². The van der Waals surface area contributed by atoms with Gasteiger partial charge in [-0.2, -0.15) is 0 Å². The standard InChI is InChI=1S/C14H30N2/c1-3-4-5-6-7-9-13(2)16-11-8-10-14(15)12-16/h13-14H,3-12,15H2,1-2H3. The molecule has 2 nitrogen and oxygen atoms in total. The topological polar surface area (TPSA) is 29.3 Å². The quantitative estimate of drug-likeness (QED) is 0.676. The molecule has 1 rings (SSSR count). The summed E-state index contributed by atoms with van der Waals surface area (Å²) in [5.74, 6) is 0. The van der Waals surface area contributed by atoms with E-state index in [1.54, 1.807) is 0 Å². The van der Waals surface area contributed by atoms with Crippen LogP contribution in [0.2, 0.25) is 0 Å². The van der Waals surface area contributed by atoms with Gasteiger partial charge in [0.1, 0.15) is 0 Å². The van der Waals surface area contributed by atoms with E-state index < -0.39 is 0 Å². The smallest absolute Gasteiger partial charge is 0.0168 e. The first-order valence-electron chi connectivity index (χ1n) is 7.23. The molecular formula is C14H30N2. The molecule has 2 atom stereocenters. The summed E-state index contributed by atoms with van der Waals surface area (Å²) in [6.07, 6.45) is 10.9. The molecule has 96 valence electrons. The summed E-state index contributed by atoms with van der Waals surface area (Å²) < 4.78 is 0. The van der Waals surface area contributed by atoms with Crippen LogP contribution < -0.4 is 5.73 Å². The van der Waals surface area contributed by atoms with Gasteiger partial charge in [0.15, 0.2) is 0 Å². The SMILES string of the molecule is CCCCCCCC(C)N1CCCC(N)C1. The van der Waals surface area contributed by atoms with E-state index in [0.29, 0.717) is 6.04 Å². The first kappa shape index (κ1) is 14.0. The van der Waals surface area contributed by atoms with Gasteiger partial charge >= 0.3 is 0 Å². The molecule has 0 aliphatic carbocycles. The lowest BCUT2D eigenvalue weighted by atomic mass is 10.0. The van der Waals surface area contributed by atoms with Crippen molar-refractivity contribution in [3.63, 3.8) is 0 Å². The highest BCUT2D eigenvalue weighted by molar-refractivity contribution is 4.78. The predicted molar refractivity (Wildman–Crippen MR) is 71.6 cm³/mol. The molecule has 1 fully saturated rings. The van der Waals surface area contributed by atoms with Crippen molar-refractivity contribution < 1.29 is 0 Å². The van der Waals surface area contributed by atoms with Gasteiger partial charge < -0.3 is 5.73 Å². The van der Waals surface area contributed by atoms with Crippen molar-refractivity contribution in [2.24, 2.45) is 5.73 Å². The van der Waals surface area contributed by atoms with Gasteiger partial charge in [0.2, 0.25) is 0 Å². The number of hydrogen-bond donors (Lipinski definition) is 1. The largest absolute Gasteiger partial charge is 0.327 e. The normalized spacial score (nSPS) is 24.6. The molecule has 0 bridgehead atoms. The molecule has 0 aromatic heterocycles. The van der Waals surface area contributed by atoms with Crippen molar-refractivity contribution in [3.05, 3.63) is 0 Å². The Morgan fingerprint density at radius 1 is 1.25 bits per heavy atom. The molecule has 1 aliphatic heterocycles. The van der Waals surface area contributed by atoms with E-state index >= 15 is 0 Å². The second-order valence-corrected chi connectivity index (χ2v) is 5.45. The molecule has 1 aliphatic rings. The van der Waals surface area contributed by atoms with Crippen LogP contribution in [0.5, 0.6) is 0 Å². The van der Waals surface area contributed by atoms with Crippen molar-refractivity contribution in [1.29, 1.82) is 0 Å². The number of rotatable bonds is 7. The van der Waals surface area contributed by atoms with Crippen LogP contribution in [0.1, 0.15) is 65.2 Å². The fraction of sp³-hybridized carbons (Fsp3) is 1.00. The molecule has 2 heteroatoms. The zero-order valence-electron chi connectivity index (χ0n) is 11.3. The van der Waals surface area contributed by atoms with E-state index in [9.17, 15) is 0 Å². The van der Waals surface area contributed by atoms with E-state index in [2.05, 4.69) is 18.7 Å². The Labute approximate surface area is 102 Å². The maximum Gasteiger partial charge on any atom is 0.0168 e. The summed E-state index contributed by atoms with van der Waals surface area (Å²) in [6, 6.07) is 1.17. The number of likely N-dealkylation sites (tertiary alicyclic amines) is 1. The Bertz CT molecular complexity index is 170. The van der Waals surface area contributed by atoms with Crippen LogP contribution in [0.3, 0.4) is 0 Å². The van der Waals surface area contributed by atoms with Crippen molar-refractivity contribution in [1.82, 2.24) is 4.90 Å². The van der Waals surface area contributed by atoms with Gasteiger partial charge in [-0.1, -0.05) is 39.0 Å². The van der Waals surface area contributed by atoms with Crippen molar-refractivity contribution in [2.45, 2.75) is 77.3 Å². The predicted octanol–water partition coefficient (Wildman–Crippen LogP) is 3.16. The Kier molecular flexibility index (Phi) is 7.06. The number of nitrogens with two attached hydrogens (primary N) is 1. The Morgan fingerprint density at radius 3 is 2.69 bits per heavy atom. The highest BCUT2D eigenvalue weighted by Gasteiger charge is 2.20. The van der Waals surface area contributed by atoms with Crippen molar-refractivity contribution in [2.75, 3.05) is 13.1 Å². The molecule has 0 amide bonds. The van der Waals surface area contributed by atoms with Crippen LogP contribution in [-0.2, 0) is 0 Å². The third kappa shape index (κ3) is 5.31. The van der Waals surface area contributed by atoms with Crippen LogP contribution >= 0.6 is 0 Å². The number of piperidine rings is 1. The van der Waals surface area contributed by atoms with Gasteiger partial charge in [-0.3, -0.25) is 4.90 Å². The van der Waals surface area contributed by atoms with Gasteiger partial charge in [0.25, 0.3) is 0 Å². The number of unbranched alkanes of at least 4 members (excludes halogenated alkanes) is 4. The maximum absolute atomic E-state index is 6.02. The molecule has 0 aromatic rings. The molecule has 0 radical (unpaired) electrons. The summed E-state index contributed by atoms with van der Waals surface area (Å²) in [5, 5.41) is 0.